The molecule has 0 atom stereocenters. The second-order valence-corrected chi connectivity index (χ2v) is 5.65. The first-order valence-electron chi connectivity index (χ1n) is 6.67. The molecule has 1 nitrogen and oxygen atoms in total. The Morgan fingerprint density at radius 2 is 1.57 bits per heavy atom. The van der Waals surface area contributed by atoms with Gasteiger partial charge in [-0.05, 0) is 17.7 Å². The Hall–Kier alpha value is -2.10. The molecule has 2 aromatic rings. The van der Waals surface area contributed by atoms with Gasteiger partial charge in [0.1, 0.15) is 0 Å². The zero-order valence-electron chi connectivity index (χ0n) is 11.7. The fraction of sp³-hybridized carbons (Fsp3) is 0.235. The van der Waals surface area contributed by atoms with E-state index in [-0.39, 0.29) is 5.56 Å². The van der Waals surface area contributed by atoms with Crippen LogP contribution in [-0.4, -0.2) is 5.71 Å². The van der Waals surface area contributed by atoms with Crippen LogP contribution < -0.4 is 0 Å². The summed E-state index contributed by atoms with van der Waals surface area (Å²) in [5, 5.41) is 0. The number of hydrogen-bond acceptors (Lipinski definition) is 1. The summed E-state index contributed by atoms with van der Waals surface area (Å²) in [5.41, 5.74) is 0.828. The van der Waals surface area contributed by atoms with E-state index in [0.29, 0.717) is 11.4 Å². The molecule has 108 valence electrons. The van der Waals surface area contributed by atoms with Crippen molar-refractivity contribution in [1.82, 2.24) is 0 Å². The van der Waals surface area contributed by atoms with Gasteiger partial charge in [-0.1, -0.05) is 50.2 Å². The number of alkyl halides is 3. The van der Waals surface area contributed by atoms with Crippen LogP contribution >= 0.6 is 0 Å². The van der Waals surface area contributed by atoms with Gasteiger partial charge >= 0.3 is 6.18 Å². The van der Waals surface area contributed by atoms with Crippen molar-refractivity contribution in [2.24, 2.45) is 4.99 Å². The van der Waals surface area contributed by atoms with E-state index in [1.165, 1.54) is 6.07 Å². The third-order valence-electron chi connectivity index (χ3n) is 3.84. The van der Waals surface area contributed by atoms with Crippen molar-refractivity contribution < 1.29 is 13.2 Å². The van der Waals surface area contributed by atoms with Crippen molar-refractivity contribution in [2.75, 3.05) is 0 Å². The average Bonchev–Trinajstić information content (AvgIpc) is 2.71. The predicted octanol–water partition coefficient (Wildman–Crippen LogP) is 5.12. The fourth-order valence-corrected chi connectivity index (χ4v) is 2.93. The molecule has 0 radical (unpaired) electrons. The lowest BCUT2D eigenvalue weighted by molar-refractivity contribution is -0.138. The van der Waals surface area contributed by atoms with Gasteiger partial charge in [0.05, 0.1) is 17.0 Å². The van der Waals surface area contributed by atoms with Gasteiger partial charge in [-0.25, -0.2) is 0 Å². The van der Waals surface area contributed by atoms with Crippen LogP contribution in [0.5, 0.6) is 0 Å². The lowest BCUT2D eigenvalue weighted by Gasteiger charge is -2.25. The third-order valence-corrected chi connectivity index (χ3v) is 3.84. The highest BCUT2D eigenvalue weighted by Gasteiger charge is 2.44. The van der Waals surface area contributed by atoms with Crippen LogP contribution in [0.4, 0.5) is 18.9 Å². The van der Waals surface area contributed by atoms with Crippen LogP contribution in [0.2, 0.25) is 0 Å². The van der Waals surface area contributed by atoms with Crippen LogP contribution in [0.1, 0.15) is 30.5 Å². The minimum atomic E-state index is -4.37. The number of fused-ring (bicyclic) bond motifs is 1. The smallest absolute Gasteiger partial charge is 0.252 e. The molecule has 0 aromatic heterocycles. The molecule has 0 fully saturated rings. The second-order valence-electron chi connectivity index (χ2n) is 5.65. The Labute approximate surface area is 121 Å². The molecule has 0 saturated heterocycles. The van der Waals surface area contributed by atoms with Gasteiger partial charge in [0, 0.05) is 11.0 Å². The van der Waals surface area contributed by atoms with E-state index < -0.39 is 17.2 Å². The highest BCUT2D eigenvalue weighted by molar-refractivity contribution is 6.12. The summed E-state index contributed by atoms with van der Waals surface area (Å²) in [7, 11) is 0. The number of halogens is 3. The maximum Gasteiger partial charge on any atom is 0.416 e. The van der Waals surface area contributed by atoms with E-state index in [0.717, 1.165) is 11.6 Å². The van der Waals surface area contributed by atoms with Gasteiger partial charge < -0.3 is 0 Å². The van der Waals surface area contributed by atoms with Crippen molar-refractivity contribution in [3.05, 3.63) is 65.2 Å². The lowest BCUT2D eigenvalue weighted by Crippen LogP contribution is -2.29. The van der Waals surface area contributed by atoms with Gasteiger partial charge in [-0.2, -0.15) is 13.2 Å². The topological polar surface area (TPSA) is 12.4 Å². The molecule has 1 aliphatic rings. The molecular formula is C17H14F3N. The lowest BCUT2D eigenvalue weighted by atomic mass is 9.77. The molecule has 0 amide bonds. The maximum absolute atomic E-state index is 13.3. The molecule has 2 aromatic carbocycles. The van der Waals surface area contributed by atoms with Crippen LogP contribution in [0.3, 0.4) is 0 Å². The van der Waals surface area contributed by atoms with Crippen LogP contribution in [0, 0.1) is 0 Å². The van der Waals surface area contributed by atoms with Crippen molar-refractivity contribution in [3.8, 4) is 0 Å². The van der Waals surface area contributed by atoms with E-state index in [9.17, 15) is 13.2 Å². The van der Waals surface area contributed by atoms with Gasteiger partial charge in [-0.15, -0.1) is 0 Å². The maximum atomic E-state index is 13.3. The SMILES string of the molecule is CC1(C)C(c2ccccc2)=Nc2cccc(C(F)(F)F)c21. The van der Waals surface area contributed by atoms with Crippen LogP contribution in [0.15, 0.2) is 53.5 Å². The number of aliphatic imine (C=N–C) groups is 1. The molecule has 0 N–H and O–H groups in total. The van der Waals surface area contributed by atoms with Crippen molar-refractivity contribution in [2.45, 2.75) is 25.4 Å². The summed E-state index contributed by atoms with van der Waals surface area (Å²) in [6.07, 6.45) is -4.37. The van der Waals surface area contributed by atoms with E-state index >= 15 is 0 Å². The monoisotopic (exact) mass is 289 g/mol. The van der Waals surface area contributed by atoms with Gasteiger partial charge in [0.2, 0.25) is 0 Å². The molecule has 0 aliphatic carbocycles. The Morgan fingerprint density at radius 3 is 2.19 bits per heavy atom. The average molecular weight is 289 g/mol. The number of benzene rings is 2. The van der Waals surface area contributed by atoms with E-state index in [1.54, 1.807) is 19.9 Å². The Bertz CT molecular complexity index is 713. The largest absolute Gasteiger partial charge is 0.416 e. The molecule has 0 bridgehead atoms. The number of rotatable bonds is 1. The van der Waals surface area contributed by atoms with Crippen molar-refractivity contribution in [1.29, 1.82) is 0 Å². The van der Waals surface area contributed by atoms with Crippen molar-refractivity contribution >= 4 is 11.4 Å². The molecule has 1 heterocycles. The third kappa shape index (κ3) is 2.15. The molecule has 0 spiro atoms. The van der Waals surface area contributed by atoms with Crippen LogP contribution in [0.25, 0.3) is 0 Å². The Morgan fingerprint density at radius 1 is 0.905 bits per heavy atom. The summed E-state index contributed by atoms with van der Waals surface area (Å²) < 4.78 is 39.8. The molecule has 3 rings (SSSR count). The minimum Gasteiger partial charge on any atom is -0.252 e. The van der Waals surface area contributed by atoms with Gasteiger partial charge in [0.25, 0.3) is 0 Å². The summed E-state index contributed by atoms with van der Waals surface area (Å²) in [5.74, 6) is 0. The first-order chi connectivity index (χ1) is 9.82. The normalized spacial score (nSPS) is 16.5. The first-order valence-corrected chi connectivity index (χ1v) is 6.67. The van der Waals surface area contributed by atoms with Crippen molar-refractivity contribution in [3.63, 3.8) is 0 Å². The molecule has 0 saturated carbocycles. The second kappa shape index (κ2) is 4.45. The van der Waals surface area contributed by atoms with Crippen LogP contribution in [-0.2, 0) is 11.6 Å². The molecule has 4 heteroatoms. The quantitative estimate of drug-likeness (QED) is 0.691. The molecule has 21 heavy (non-hydrogen) atoms. The highest BCUT2D eigenvalue weighted by Crippen LogP contribution is 2.48. The zero-order chi connectivity index (χ0) is 15.3. The van der Waals surface area contributed by atoms with E-state index in [1.807, 2.05) is 30.3 Å². The van der Waals surface area contributed by atoms with Gasteiger partial charge in [-0.3, -0.25) is 4.99 Å². The standard InChI is InChI=1S/C17H14F3N/c1-16(2)14-12(17(18,19)20)9-6-10-13(14)21-15(16)11-7-4-3-5-8-11/h3-10H,1-2H3. The molecule has 0 unspecified atom stereocenters. The number of nitrogens with zero attached hydrogens (tertiary/aromatic N) is 1. The zero-order valence-corrected chi connectivity index (χ0v) is 11.7. The first kappa shape index (κ1) is 13.9. The predicted molar refractivity (Wildman–Crippen MR) is 77.1 cm³/mol. The highest BCUT2D eigenvalue weighted by atomic mass is 19.4. The van der Waals surface area contributed by atoms with Gasteiger partial charge in [0.15, 0.2) is 0 Å². The summed E-state index contributed by atoms with van der Waals surface area (Å²) >= 11 is 0. The van der Waals surface area contributed by atoms with E-state index in [2.05, 4.69) is 4.99 Å². The molecule has 1 aliphatic heterocycles. The van der Waals surface area contributed by atoms with E-state index in [4.69, 9.17) is 0 Å². The Kier molecular flexibility index (Phi) is 2.94. The fourth-order valence-electron chi connectivity index (χ4n) is 2.93. The minimum absolute atomic E-state index is 0.261. The molecular weight excluding hydrogens is 275 g/mol. The summed E-state index contributed by atoms with van der Waals surface area (Å²) in [4.78, 5) is 4.47. The number of hydrogen-bond donors (Lipinski definition) is 0. The Balaban J connectivity index is 2.20. The summed E-state index contributed by atoms with van der Waals surface area (Å²) in [6, 6.07) is 13.5. The summed E-state index contributed by atoms with van der Waals surface area (Å²) in [6.45, 7) is 3.58.